The average Bonchev–Trinajstić information content (AvgIpc) is 2.13. The van der Waals surface area contributed by atoms with Crippen LogP contribution in [0.3, 0.4) is 0 Å². The van der Waals surface area contributed by atoms with Gasteiger partial charge in [0.25, 0.3) is 0 Å². The molecule has 1 atom stereocenters. The van der Waals surface area contributed by atoms with E-state index in [1.54, 1.807) is 6.20 Å². The summed E-state index contributed by atoms with van der Waals surface area (Å²) in [4.78, 5) is 3.81. The Labute approximate surface area is 114 Å². The van der Waals surface area contributed by atoms with Crippen molar-refractivity contribution in [3.05, 3.63) is 24.0 Å². The summed E-state index contributed by atoms with van der Waals surface area (Å²) in [5.41, 5.74) is 0.581. The zero-order valence-electron chi connectivity index (χ0n) is 10.2. The summed E-state index contributed by atoms with van der Waals surface area (Å²) in [5, 5.41) is 22.2. The number of nitrogens with one attached hydrogen (secondary N) is 1. The van der Waals surface area contributed by atoms with Crippen molar-refractivity contribution in [2.45, 2.75) is 32.4 Å². The molecule has 3 N–H and O–H groups in total. The molecule has 100 valence electrons. The second-order valence-electron chi connectivity index (χ2n) is 4.62. The first kappa shape index (κ1) is 18.8. The molecule has 17 heavy (non-hydrogen) atoms. The number of rotatable bonds is 3. The number of aromatic hydroxyl groups is 1. The van der Waals surface area contributed by atoms with Gasteiger partial charge in [0.05, 0.1) is 12.3 Å². The fourth-order valence-electron chi connectivity index (χ4n) is 1.15. The summed E-state index contributed by atoms with van der Waals surface area (Å²) < 4.78 is 0. The van der Waals surface area contributed by atoms with Crippen molar-refractivity contribution in [1.82, 2.24) is 10.3 Å². The molecular formula is C11H20Cl2N2O2. The summed E-state index contributed by atoms with van der Waals surface area (Å²) in [6, 6.07) is 1.52. The first-order chi connectivity index (χ1) is 6.88. The Morgan fingerprint density at radius 2 is 1.88 bits per heavy atom. The van der Waals surface area contributed by atoms with Crippen LogP contribution >= 0.6 is 24.8 Å². The maximum atomic E-state index is 9.79. The van der Waals surface area contributed by atoms with Gasteiger partial charge in [0, 0.05) is 23.8 Å². The molecule has 1 rings (SSSR count). The van der Waals surface area contributed by atoms with E-state index in [-0.39, 0.29) is 36.1 Å². The lowest BCUT2D eigenvalue weighted by Crippen LogP contribution is -2.38. The van der Waals surface area contributed by atoms with E-state index in [1.165, 1.54) is 12.3 Å². The van der Waals surface area contributed by atoms with Gasteiger partial charge in [-0.05, 0) is 26.8 Å². The molecular weight excluding hydrogens is 263 g/mol. The molecule has 1 heterocycles. The van der Waals surface area contributed by atoms with Crippen molar-refractivity contribution >= 4 is 24.8 Å². The van der Waals surface area contributed by atoms with Crippen LogP contribution in [0.4, 0.5) is 0 Å². The maximum absolute atomic E-state index is 9.79. The first-order valence-corrected chi connectivity index (χ1v) is 4.95. The zero-order chi connectivity index (χ0) is 11.5. The number of hydrogen-bond acceptors (Lipinski definition) is 4. The Morgan fingerprint density at radius 1 is 1.29 bits per heavy atom. The Kier molecular flexibility index (Phi) is 8.53. The summed E-state index contributed by atoms with van der Waals surface area (Å²) in [6.07, 6.45) is 2.24. The summed E-state index contributed by atoms with van der Waals surface area (Å²) in [5.74, 6) is 0.0716. The van der Waals surface area contributed by atoms with Crippen molar-refractivity contribution in [3.63, 3.8) is 0 Å². The molecule has 1 aromatic heterocycles. The third-order valence-corrected chi connectivity index (χ3v) is 1.96. The van der Waals surface area contributed by atoms with Gasteiger partial charge in [0.2, 0.25) is 0 Å². The van der Waals surface area contributed by atoms with Crippen LogP contribution in [0, 0.1) is 0 Å². The average molecular weight is 283 g/mol. The predicted molar refractivity (Wildman–Crippen MR) is 73.1 cm³/mol. The summed E-state index contributed by atoms with van der Waals surface area (Å²) in [6.45, 7) is 6.52. The molecule has 0 aliphatic carbocycles. The van der Waals surface area contributed by atoms with Crippen molar-refractivity contribution in [2.75, 3.05) is 6.54 Å². The number of nitrogens with zero attached hydrogens (tertiary/aromatic N) is 1. The van der Waals surface area contributed by atoms with Crippen molar-refractivity contribution in [1.29, 1.82) is 0 Å². The number of pyridine rings is 1. The van der Waals surface area contributed by atoms with Gasteiger partial charge in [-0.15, -0.1) is 24.8 Å². The lowest BCUT2D eigenvalue weighted by atomic mass is 10.1. The molecule has 4 nitrogen and oxygen atoms in total. The number of halogens is 2. The fourth-order valence-corrected chi connectivity index (χ4v) is 1.15. The minimum atomic E-state index is -0.649. The smallest absolute Gasteiger partial charge is 0.134 e. The molecule has 0 saturated carbocycles. The Hall–Kier alpha value is -0.550. The van der Waals surface area contributed by atoms with Gasteiger partial charge in [-0.25, -0.2) is 0 Å². The zero-order valence-corrected chi connectivity index (χ0v) is 11.8. The number of aromatic nitrogens is 1. The third kappa shape index (κ3) is 7.39. The van der Waals surface area contributed by atoms with Crippen molar-refractivity contribution in [2.24, 2.45) is 0 Å². The van der Waals surface area contributed by atoms with Crippen LogP contribution in [0.5, 0.6) is 5.75 Å². The quantitative estimate of drug-likeness (QED) is 0.794. The van der Waals surface area contributed by atoms with Gasteiger partial charge in [0.1, 0.15) is 5.75 Å². The molecule has 0 bridgehead atoms. The van der Waals surface area contributed by atoms with Gasteiger partial charge >= 0.3 is 0 Å². The largest absolute Gasteiger partial charge is 0.506 e. The predicted octanol–water partition coefficient (Wildman–Crippen LogP) is 2.05. The molecule has 0 spiro atoms. The van der Waals surface area contributed by atoms with Gasteiger partial charge in [-0.2, -0.15) is 0 Å². The van der Waals surface area contributed by atoms with E-state index in [4.69, 9.17) is 0 Å². The molecule has 0 fully saturated rings. The maximum Gasteiger partial charge on any atom is 0.134 e. The number of hydrogen-bond donors (Lipinski definition) is 3. The number of β-amino-alcohol motifs (C(OH)–C–C–N with tert-alkyl or cyclic N) is 1. The van der Waals surface area contributed by atoms with E-state index >= 15 is 0 Å². The highest BCUT2D eigenvalue weighted by atomic mass is 35.5. The van der Waals surface area contributed by atoms with Gasteiger partial charge in [-0.1, -0.05) is 0 Å². The van der Waals surface area contributed by atoms with Crippen LogP contribution < -0.4 is 5.32 Å². The van der Waals surface area contributed by atoms with Crippen LogP contribution in [0.15, 0.2) is 18.5 Å². The number of aliphatic hydroxyl groups is 1. The van der Waals surface area contributed by atoms with Crippen LogP contribution in [0.25, 0.3) is 0 Å². The second kappa shape index (κ2) is 7.71. The molecule has 1 aromatic rings. The molecule has 6 heteroatoms. The molecule has 0 unspecified atom stereocenters. The van der Waals surface area contributed by atoms with E-state index in [9.17, 15) is 10.2 Å². The second-order valence-corrected chi connectivity index (χ2v) is 4.62. The molecule has 0 aliphatic heterocycles. The Morgan fingerprint density at radius 3 is 2.35 bits per heavy atom. The van der Waals surface area contributed by atoms with Gasteiger partial charge in [-0.3, -0.25) is 4.98 Å². The van der Waals surface area contributed by atoms with Gasteiger partial charge in [0.15, 0.2) is 0 Å². The van der Waals surface area contributed by atoms with Crippen molar-refractivity contribution < 1.29 is 10.2 Å². The van der Waals surface area contributed by atoms with E-state index in [0.717, 1.165) is 0 Å². The van der Waals surface area contributed by atoms with Crippen LogP contribution in [-0.4, -0.2) is 27.3 Å². The topological polar surface area (TPSA) is 65.4 Å². The SMILES string of the molecule is CC(C)(C)NC[C@H](O)c1cncc(O)c1.Cl.Cl. The minimum absolute atomic E-state index is 0. The van der Waals surface area contributed by atoms with Gasteiger partial charge < -0.3 is 15.5 Å². The van der Waals surface area contributed by atoms with E-state index in [2.05, 4.69) is 10.3 Å². The minimum Gasteiger partial charge on any atom is -0.506 e. The normalized spacial score (nSPS) is 12.2. The lowest BCUT2D eigenvalue weighted by molar-refractivity contribution is 0.162. The first-order valence-electron chi connectivity index (χ1n) is 4.95. The summed E-state index contributed by atoms with van der Waals surface area (Å²) in [7, 11) is 0. The molecule has 0 saturated heterocycles. The number of aliphatic hydroxyl groups excluding tert-OH is 1. The Bertz CT molecular complexity index is 329. The van der Waals surface area contributed by atoms with E-state index in [1.807, 2.05) is 20.8 Å². The van der Waals surface area contributed by atoms with E-state index < -0.39 is 6.10 Å². The molecule has 0 radical (unpaired) electrons. The standard InChI is InChI=1S/C11H18N2O2.2ClH/c1-11(2,3)13-7-10(15)8-4-9(14)6-12-5-8;;/h4-6,10,13-15H,7H2,1-3H3;2*1H/t10-;;/m0../s1. The molecule has 0 aliphatic rings. The molecule has 0 amide bonds. The highest BCUT2D eigenvalue weighted by molar-refractivity contribution is 5.85. The van der Waals surface area contributed by atoms with Crippen molar-refractivity contribution in [3.8, 4) is 5.75 Å². The lowest BCUT2D eigenvalue weighted by Gasteiger charge is -2.22. The monoisotopic (exact) mass is 282 g/mol. The highest BCUT2D eigenvalue weighted by Crippen LogP contribution is 2.16. The molecule has 0 aromatic carbocycles. The van der Waals surface area contributed by atoms with Crippen LogP contribution in [-0.2, 0) is 0 Å². The van der Waals surface area contributed by atoms with Crippen LogP contribution in [0.1, 0.15) is 32.4 Å². The summed E-state index contributed by atoms with van der Waals surface area (Å²) >= 11 is 0. The van der Waals surface area contributed by atoms with E-state index in [0.29, 0.717) is 12.1 Å². The highest BCUT2D eigenvalue weighted by Gasteiger charge is 2.13. The Balaban J connectivity index is 0. The third-order valence-electron chi connectivity index (χ3n) is 1.96. The fraction of sp³-hybridized carbons (Fsp3) is 0.545. The van der Waals surface area contributed by atoms with Crippen LogP contribution in [0.2, 0.25) is 0 Å².